The van der Waals surface area contributed by atoms with Crippen molar-refractivity contribution in [2.45, 2.75) is 31.6 Å². The van der Waals surface area contributed by atoms with Crippen LogP contribution < -0.4 is 10.6 Å². The molecule has 41 heavy (non-hydrogen) atoms. The predicted octanol–water partition coefficient (Wildman–Crippen LogP) is 5.84. The zero-order valence-corrected chi connectivity index (χ0v) is 22.4. The highest BCUT2D eigenvalue weighted by molar-refractivity contribution is 6.03. The fraction of sp³-hybridized carbons (Fsp3) is 0.182. The van der Waals surface area contributed by atoms with Crippen LogP contribution in [0.3, 0.4) is 0 Å². The molecule has 0 heterocycles. The van der Waals surface area contributed by atoms with E-state index >= 15 is 0 Å². The van der Waals surface area contributed by atoms with Crippen molar-refractivity contribution >= 4 is 23.7 Å². The molecule has 0 fully saturated rings. The van der Waals surface area contributed by atoms with E-state index in [1.165, 1.54) is 12.1 Å². The predicted molar refractivity (Wildman–Crippen MR) is 155 cm³/mol. The third-order valence-electron chi connectivity index (χ3n) is 7.14. The number of para-hydroxylation sites is 1. The van der Waals surface area contributed by atoms with Crippen molar-refractivity contribution in [2.24, 2.45) is 0 Å². The molecule has 0 aromatic heterocycles. The molecule has 3 N–H and O–H groups in total. The molecule has 8 nitrogen and oxygen atoms in total. The van der Waals surface area contributed by atoms with Gasteiger partial charge in [-0.1, -0.05) is 91.0 Å². The quantitative estimate of drug-likeness (QED) is 0.229. The number of nitrogens with one attached hydrogen (secondary N) is 2. The van der Waals surface area contributed by atoms with Gasteiger partial charge in [0.05, 0.1) is 24.0 Å². The number of hydrogen-bond acceptors (Lipinski definition) is 5. The van der Waals surface area contributed by atoms with Crippen molar-refractivity contribution in [1.82, 2.24) is 5.32 Å². The number of rotatable bonds is 10. The zero-order valence-electron chi connectivity index (χ0n) is 22.4. The largest absolute Gasteiger partial charge is 0.478 e. The van der Waals surface area contributed by atoms with Crippen LogP contribution in [-0.2, 0) is 20.9 Å². The lowest BCUT2D eigenvalue weighted by molar-refractivity contribution is -0.121. The molecule has 1 aliphatic rings. The molecule has 0 radical (unpaired) electrons. The van der Waals surface area contributed by atoms with Crippen molar-refractivity contribution < 1.29 is 29.0 Å². The second-order valence-corrected chi connectivity index (χ2v) is 9.79. The van der Waals surface area contributed by atoms with Gasteiger partial charge in [0.15, 0.2) is 0 Å². The van der Waals surface area contributed by atoms with E-state index in [1.807, 2.05) is 66.7 Å². The summed E-state index contributed by atoms with van der Waals surface area (Å²) in [6.45, 7) is 1.96. The van der Waals surface area contributed by atoms with E-state index in [9.17, 15) is 19.5 Å². The Morgan fingerprint density at radius 3 is 2.05 bits per heavy atom. The number of carbonyl (C=O) groups is 3. The number of anilines is 1. The summed E-state index contributed by atoms with van der Waals surface area (Å²) in [4.78, 5) is 38.2. The molecule has 0 bridgehead atoms. The van der Waals surface area contributed by atoms with E-state index in [0.29, 0.717) is 0 Å². The van der Waals surface area contributed by atoms with Crippen molar-refractivity contribution in [3.05, 3.63) is 125 Å². The van der Waals surface area contributed by atoms with Crippen molar-refractivity contribution in [3.63, 3.8) is 0 Å². The molecule has 5 rings (SSSR count). The van der Waals surface area contributed by atoms with Gasteiger partial charge in [0.25, 0.3) is 0 Å². The van der Waals surface area contributed by atoms with Crippen LogP contribution in [0, 0.1) is 0 Å². The van der Waals surface area contributed by atoms with Gasteiger partial charge < -0.3 is 25.2 Å². The average molecular weight is 551 g/mol. The van der Waals surface area contributed by atoms with Gasteiger partial charge in [0.2, 0.25) is 5.91 Å². The van der Waals surface area contributed by atoms with Gasteiger partial charge in [-0.05, 0) is 46.9 Å². The van der Waals surface area contributed by atoms with E-state index in [-0.39, 0.29) is 30.4 Å². The third-order valence-corrected chi connectivity index (χ3v) is 7.14. The number of benzene rings is 4. The summed E-state index contributed by atoms with van der Waals surface area (Å²) in [6.07, 6.45) is -1.55. The lowest BCUT2D eigenvalue weighted by Crippen LogP contribution is -2.51. The van der Waals surface area contributed by atoms with Crippen LogP contribution in [0.4, 0.5) is 10.5 Å². The number of aromatic carboxylic acids is 1. The minimum absolute atomic E-state index is 0.0707. The molecular formula is C33H30N2O6. The molecule has 2 amide bonds. The number of fused-ring (bicyclic) bond motifs is 3. The van der Waals surface area contributed by atoms with Crippen LogP contribution in [0.5, 0.6) is 0 Å². The van der Waals surface area contributed by atoms with Gasteiger partial charge in [0.1, 0.15) is 12.6 Å². The van der Waals surface area contributed by atoms with Gasteiger partial charge in [-0.15, -0.1) is 0 Å². The number of hydrogen-bond donors (Lipinski definition) is 3. The highest BCUT2D eigenvalue weighted by Gasteiger charge is 2.32. The SMILES string of the molecule is CC(OCc1ccccc1)C(NC(=O)OCC1c2ccccc2-c2ccccc21)C(=O)Nc1ccccc1C(=O)O. The molecule has 4 aromatic rings. The summed E-state index contributed by atoms with van der Waals surface area (Å²) in [5.74, 6) is -1.96. The maximum atomic E-state index is 13.4. The Bertz CT molecular complexity index is 1510. The second-order valence-electron chi connectivity index (χ2n) is 9.79. The normalized spacial score (nSPS) is 13.4. The lowest BCUT2D eigenvalue weighted by atomic mass is 9.98. The molecule has 208 valence electrons. The maximum absolute atomic E-state index is 13.4. The van der Waals surface area contributed by atoms with Gasteiger partial charge in [-0.2, -0.15) is 0 Å². The van der Waals surface area contributed by atoms with Gasteiger partial charge in [0, 0.05) is 5.92 Å². The minimum Gasteiger partial charge on any atom is -0.478 e. The minimum atomic E-state index is -1.18. The Kier molecular flexibility index (Phi) is 8.41. The van der Waals surface area contributed by atoms with Crippen LogP contribution in [0.15, 0.2) is 103 Å². The van der Waals surface area contributed by atoms with Crippen LogP contribution in [-0.4, -0.2) is 41.8 Å². The van der Waals surface area contributed by atoms with E-state index in [0.717, 1.165) is 27.8 Å². The summed E-state index contributed by atoms with van der Waals surface area (Å²) < 4.78 is 11.6. The average Bonchev–Trinajstić information content (AvgIpc) is 3.31. The van der Waals surface area contributed by atoms with Crippen molar-refractivity contribution in [1.29, 1.82) is 0 Å². The third kappa shape index (κ3) is 6.28. The van der Waals surface area contributed by atoms with Crippen LogP contribution in [0.1, 0.15) is 39.9 Å². The number of amides is 2. The van der Waals surface area contributed by atoms with Crippen LogP contribution >= 0.6 is 0 Å². The number of ether oxygens (including phenoxy) is 2. The standard InChI is InChI=1S/C33H30N2O6/c1-21(40-19-22-11-3-2-4-12-22)30(31(36)34-29-18-10-9-17-27(29)32(37)38)35-33(39)41-20-28-25-15-7-5-13-23(25)24-14-6-8-16-26(24)28/h2-18,21,28,30H,19-20H2,1H3,(H,34,36)(H,35,39)(H,37,38). The molecule has 2 atom stereocenters. The topological polar surface area (TPSA) is 114 Å². The first-order valence-electron chi connectivity index (χ1n) is 13.3. The number of carboxylic acids is 1. The summed E-state index contributed by atoms with van der Waals surface area (Å²) in [7, 11) is 0. The number of carboxylic acid groups (broad SMARTS) is 1. The zero-order chi connectivity index (χ0) is 28.8. The Balaban J connectivity index is 1.31. The van der Waals surface area contributed by atoms with Crippen LogP contribution in [0.25, 0.3) is 11.1 Å². The fourth-order valence-corrected chi connectivity index (χ4v) is 5.05. The second kappa shape index (κ2) is 12.5. The highest BCUT2D eigenvalue weighted by Crippen LogP contribution is 2.44. The Morgan fingerprint density at radius 2 is 1.39 bits per heavy atom. The van der Waals surface area contributed by atoms with Gasteiger partial charge in [-0.25, -0.2) is 9.59 Å². The smallest absolute Gasteiger partial charge is 0.407 e. The molecular weight excluding hydrogens is 520 g/mol. The Hall–Kier alpha value is -4.95. The first kappa shape index (κ1) is 27.6. The summed E-state index contributed by atoms with van der Waals surface area (Å²) in [5, 5.41) is 14.8. The van der Waals surface area contributed by atoms with Crippen molar-refractivity contribution in [3.8, 4) is 11.1 Å². The van der Waals surface area contributed by atoms with E-state index in [1.54, 1.807) is 19.1 Å². The fourth-order valence-electron chi connectivity index (χ4n) is 5.05. The molecule has 8 heteroatoms. The van der Waals surface area contributed by atoms with E-state index in [4.69, 9.17) is 9.47 Å². The summed E-state index contributed by atoms with van der Waals surface area (Å²) in [6, 6.07) is 30.4. The number of carbonyl (C=O) groups excluding carboxylic acids is 2. The summed E-state index contributed by atoms with van der Waals surface area (Å²) in [5.41, 5.74) is 5.29. The molecule has 2 unspecified atom stereocenters. The monoisotopic (exact) mass is 550 g/mol. The molecule has 0 aliphatic heterocycles. The van der Waals surface area contributed by atoms with Gasteiger partial charge >= 0.3 is 12.1 Å². The molecule has 1 aliphatic carbocycles. The lowest BCUT2D eigenvalue weighted by Gasteiger charge is -2.25. The summed E-state index contributed by atoms with van der Waals surface area (Å²) >= 11 is 0. The Morgan fingerprint density at radius 1 is 0.805 bits per heavy atom. The molecule has 0 saturated carbocycles. The first-order chi connectivity index (χ1) is 19.9. The van der Waals surface area contributed by atoms with Gasteiger partial charge in [-0.3, -0.25) is 4.79 Å². The molecule has 4 aromatic carbocycles. The van der Waals surface area contributed by atoms with Crippen molar-refractivity contribution in [2.75, 3.05) is 11.9 Å². The molecule has 0 spiro atoms. The highest BCUT2D eigenvalue weighted by atomic mass is 16.5. The van der Waals surface area contributed by atoms with E-state index in [2.05, 4.69) is 22.8 Å². The van der Waals surface area contributed by atoms with E-state index < -0.39 is 30.1 Å². The van der Waals surface area contributed by atoms with Crippen LogP contribution in [0.2, 0.25) is 0 Å². The molecule has 0 saturated heterocycles. The maximum Gasteiger partial charge on any atom is 0.407 e. The number of alkyl carbamates (subject to hydrolysis) is 1. The first-order valence-corrected chi connectivity index (χ1v) is 13.3. The Labute approximate surface area is 237 Å².